The van der Waals surface area contributed by atoms with Crippen LogP contribution in [0.1, 0.15) is 30.9 Å². The zero-order chi connectivity index (χ0) is 15.5. The second kappa shape index (κ2) is 6.78. The minimum atomic E-state index is 0.871. The summed E-state index contributed by atoms with van der Waals surface area (Å²) in [6.07, 6.45) is 2.62. The molecule has 0 radical (unpaired) electrons. The van der Waals surface area contributed by atoms with Gasteiger partial charge in [-0.25, -0.2) is 0 Å². The molecular formula is C20H25NS. The lowest BCUT2D eigenvalue weighted by molar-refractivity contribution is 0.437. The Bertz CT molecular complexity index is 642. The number of rotatable bonds is 3. The third-order valence-corrected chi connectivity index (χ3v) is 5.78. The smallest absolute Gasteiger partial charge is 0.0508 e. The zero-order valence-corrected chi connectivity index (χ0v) is 14.6. The van der Waals surface area contributed by atoms with E-state index in [1.807, 2.05) is 11.8 Å². The van der Waals surface area contributed by atoms with Gasteiger partial charge in [0.2, 0.25) is 0 Å². The second-order valence-corrected chi connectivity index (χ2v) is 7.59. The fraction of sp³-hybridized carbons (Fsp3) is 0.400. The number of para-hydroxylation sites is 1. The summed E-state index contributed by atoms with van der Waals surface area (Å²) in [4.78, 5) is 5.30. The van der Waals surface area contributed by atoms with Crippen molar-refractivity contribution < 1.29 is 0 Å². The van der Waals surface area contributed by atoms with Gasteiger partial charge in [-0.3, -0.25) is 0 Å². The van der Waals surface area contributed by atoms with Crippen molar-refractivity contribution >= 4 is 17.4 Å². The van der Waals surface area contributed by atoms with E-state index >= 15 is 0 Å². The monoisotopic (exact) mass is 311 g/mol. The molecule has 1 heterocycles. The van der Waals surface area contributed by atoms with Gasteiger partial charge in [0.25, 0.3) is 0 Å². The Labute approximate surface area is 138 Å². The van der Waals surface area contributed by atoms with Gasteiger partial charge in [0.05, 0.1) is 5.69 Å². The van der Waals surface area contributed by atoms with Crippen LogP contribution >= 0.6 is 11.8 Å². The summed E-state index contributed by atoms with van der Waals surface area (Å²) < 4.78 is 0. The molecule has 0 atom stereocenters. The molecule has 116 valence electrons. The quantitative estimate of drug-likeness (QED) is 0.716. The van der Waals surface area contributed by atoms with Crippen LogP contribution in [0.25, 0.3) is 0 Å². The standard InChI is InChI=1S/C20H25NS/c1-15-10-12-21(13-11-15)18-6-4-5-7-20(18)22-19-9-8-16(2)14-17(19)3/h4-9,14-15H,10-13H2,1-3H3. The summed E-state index contributed by atoms with van der Waals surface area (Å²) in [5.41, 5.74) is 4.10. The molecule has 0 bridgehead atoms. The van der Waals surface area contributed by atoms with Crippen molar-refractivity contribution in [3.63, 3.8) is 0 Å². The Hall–Kier alpha value is -1.41. The summed E-state index contributed by atoms with van der Waals surface area (Å²) >= 11 is 1.90. The lowest BCUT2D eigenvalue weighted by Gasteiger charge is -2.33. The van der Waals surface area contributed by atoms with Gasteiger partial charge in [-0.1, -0.05) is 48.5 Å². The maximum Gasteiger partial charge on any atom is 0.0508 e. The Kier molecular flexibility index (Phi) is 4.77. The first-order valence-corrected chi connectivity index (χ1v) is 9.04. The molecule has 1 fully saturated rings. The molecule has 22 heavy (non-hydrogen) atoms. The number of anilines is 1. The third kappa shape index (κ3) is 3.49. The van der Waals surface area contributed by atoms with Gasteiger partial charge in [0, 0.05) is 22.9 Å². The number of aryl methyl sites for hydroxylation is 2. The zero-order valence-electron chi connectivity index (χ0n) is 13.8. The van der Waals surface area contributed by atoms with Crippen molar-refractivity contribution in [2.45, 2.75) is 43.4 Å². The van der Waals surface area contributed by atoms with Gasteiger partial charge in [0.1, 0.15) is 0 Å². The van der Waals surface area contributed by atoms with Crippen molar-refractivity contribution in [1.82, 2.24) is 0 Å². The molecule has 0 N–H and O–H groups in total. The highest BCUT2D eigenvalue weighted by atomic mass is 32.2. The Morgan fingerprint density at radius 2 is 1.68 bits per heavy atom. The predicted molar refractivity (Wildman–Crippen MR) is 97.1 cm³/mol. The highest BCUT2D eigenvalue weighted by Gasteiger charge is 2.18. The maximum absolute atomic E-state index is 2.56. The topological polar surface area (TPSA) is 3.24 Å². The average molecular weight is 311 g/mol. The molecule has 2 aromatic rings. The van der Waals surface area contributed by atoms with Crippen molar-refractivity contribution in [2.24, 2.45) is 5.92 Å². The van der Waals surface area contributed by atoms with Crippen LogP contribution in [0, 0.1) is 19.8 Å². The summed E-state index contributed by atoms with van der Waals surface area (Å²) in [7, 11) is 0. The molecule has 0 aliphatic carbocycles. The number of hydrogen-bond donors (Lipinski definition) is 0. The Morgan fingerprint density at radius 1 is 0.955 bits per heavy atom. The highest BCUT2D eigenvalue weighted by Crippen LogP contribution is 2.38. The first kappa shape index (κ1) is 15.5. The molecule has 0 spiro atoms. The normalized spacial score (nSPS) is 16.0. The Morgan fingerprint density at radius 3 is 2.41 bits per heavy atom. The first-order chi connectivity index (χ1) is 10.6. The molecular weight excluding hydrogens is 286 g/mol. The van der Waals surface area contributed by atoms with Crippen LogP contribution in [0.5, 0.6) is 0 Å². The first-order valence-electron chi connectivity index (χ1n) is 8.22. The van der Waals surface area contributed by atoms with Crippen LogP contribution in [0.4, 0.5) is 5.69 Å². The fourth-order valence-corrected chi connectivity index (χ4v) is 4.13. The predicted octanol–water partition coefficient (Wildman–Crippen LogP) is 5.69. The van der Waals surface area contributed by atoms with E-state index in [1.165, 1.54) is 52.5 Å². The molecule has 3 rings (SSSR count). The molecule has 0 saturated carbocycles. The van der Waals surface area contributed by atoms with Crippen LogP contribution in [-0.2, 0) is 0 Å². The van der Waals surface area contributed by atoms with Gasteiger partial charge < -0.3 is 4.90 Å². The Balaban J connectivity index is 1.85. The minimum Gasteiger partial charge on any atom is -0.371 e. The summed E-state index contributed by atoms with van der Waals surface area (Å²) in [6.45, 7) is 9.11. The van der Waals surface area contributed by atoms with Crippen molar-refractivity contribution in [2.75, 3.05) is 18.0 Å². The van der Waals surface area contributed by atoms with Gasteiger partial charge in [-0.05, 0) is 56.4 Å². The van der Waals surface area contributed by atoms with Crippen LogP contribution in [0.2, 0.25) is 0 Å². The highest BCUT2D eigenvalue weighted by molar-refractivity contribution is 7.99. The average Bonchev–Trinajstić information content (AvgIpc) is 2.51. The van der Waals surface area contributed by atoms with E-state index in [1.54, 1.807) is 0 Å². The van der Waals surface area contributed by atoms with Crippen LogP contribution < -0.4 is 4.90 Å². The van der Waals surface area contributed by atoms with Crippen molar-refractivity contribution in [3.05, 3.63) is 53.6 Å². The molecule has 0 unspecified atom stereocenters. The number of benzene rings is 2. The van der Waals surface area contributed by atoms with E-state index < -0.39 is 0 Å². The van der Waals surface area contributed by atoms with Crippen molar-refractivity contribution in [3.8, 4) is 0 Å². The molecule has 1 saturated heterocycles. The van der Waals surface area contributed by atoms with E-state index in [0.29, 0.717) is 0 Å². The number of hydrogen-bond acceptors (Lipinski definition) is 2. The number of piperidine rings is 1. The number of nitrogens with zero attached hydrogens (tertiary/aromatic N) is 1. The van der Waals surface area contributed by atoms with Gasteiger partial charge in [0.15, 0.2) is 0 Å². The molecule has 0 amide bonds. The van der Waals surface area contributed by atoms with E-state index in [9.17, 15) is 0 Å². The largest absolute Gasteiger partial charge is 0.371 e. The van der Waals surface area contributed by atoms with Gasteiger partial charge in [-0.2, -0.15) is 0 Å². The van der Waals surface area contributed by atoms with Crippen LogP contribution in [-0.4, -0.2) is 13.1 Å². The van der Waals surface area contributed by atoms with Crippen LogP contribution in [0.15, 0.2) is 52.3 Å². The molecule has 0 aromatic heterocycles. The molecule has 1 aliphatic heterocycles. The summed E-state index contributed by atoms with van der Waals surface area (Å²) in [6, 6.07) is 15.6. The fourth-order valence-electron chi connectivity index (χ4n) is 3.09. The lowest BCUT2D eigenvalue weighted by atomic mass is 9.99. The second-order valence-electron chi connectivity index (χ2n) is 6.51. The maximum atomic E-state index is 2.56. The molecule has 2 aromatic carbocycles. The third-order valence-electron chi connectivity index (χ3n) is 4.54. The van der Waals surface area contributed by atoms with E-state index in [-0.39, 0.29) is 0 Å². The van der Waals surface area contributed by atoms with Crippen LogP contribution in [0.3, 0.4) is 0 Å². The van der Waals surface area contributed by atoms with Gasteiger partial charge in [-0.15, -0.1) is 0 Å². The van der Waals surface area contributed by atoms with E-state index in [2.05, 4.69) is 68.1 Å². The molecule has 1 aliphatic rings. The van der Waals surface area contributed by atoms with Crippen molar-refractivity contribution in [1.29, 1.82) is 0 Å². The minimum absolute atomic E-state index is 0.871. The lowest BCUT2D eigenvalue weighted by Crippen LogP contribution is -2.33. The summed E-state index contributed by atoms with van der Waals surface area (Å²) in [5, 5.41) is 0. The van der Waals surface area contributed by atoms with E-state index in [0.717, 1.165) is 5.92 Å². The van der Waals surface area contributed by atoms with E-state index in [4.69, 9.17) is 0 Å². The summed E-state index contributed by atoms with van der Waals surface area (Å²) in [5.74, 6) is 0.871. The molecule has 1 nitrogen and oxygen atoms in total. The van der Waals surface area contributed by atoms with Gasteiger partial charge >= 0.3 is 0 Å². The molecule has 2 heteroatoms. The SMILES string of the molecule is Cc1ccc(Sc2ccccc2N2CCC(C)CC2)c(C)c1.